The summed E-state index contributed by atoms with van der Waals surface area (Å²) in [5, 5.41) is 2.34. The van der Waals surface area contributed by atoms with Crippen molar-refractivity contribution in [3.63, 3.8) is 0 Å². The monoisotopic (exact) mass is 385 g/mol. The minimum atomic E-state index is -4.30. The lowest BCUT2D eigenvalue weighted by Crippen LogP contribution is -2.47. The summed E-state index contributed by atoms with van der Waals surface area (Å²) in [6.45, 7) is 4.13. The molecule has 1 aliphatic heterocycles. The van der Waals surface area contributed by atoms with Crippen LogP contribution in [-0.2, 0) is 12.6 Å². The summed E-state index contributed by atoms with van der Waals surface area (Å²) in [7, 11) is 0. The van der Waals surface area contributed by atoms with E-state index in [9.17, 15) is 13.2 Å². The summed E-state index contributed by atoms with van der Waals surface area (Å²) in [6.07, 6.45) is 0.333. The second-order valence-electron chi connectivity index (χ2n) is 7.18. The highest BCUT2D eigenvalue weighted by Crippen LogP contribution is 2.31. The number of fused-ring (bicyclic) bond motifs is 1. The minimum Gasteiger partial charge on any atom is -0.369 e. The predicted molar refractivity (Wildman–Crippen MR) is 106 cm³/mol. The molecule has 0 aliphatic carbocycles. The summed E-state index contributed by atoms with van der Waals surface area (Å²) in [5.41, 5.74) is 1.34. The van der Waals surface area contributed by atoms with E-state index >= 15 is 0 Å². The van der Waals surface area contributed by atoms with Crippen LogP contribution < -0.4 is 4.90 Å². The fourth-order valence-corrected chi connectivity index (χ4v) is 3.69. The lowest BCUT2D eigenvalue weighted by molar-refractivity contribution is -0.137. The van der Waals surface area contributed by atoms with E-state index in [1.165, 1.54) is 23.1 Å². The molecular weight excluding hydrogens is 363 g/mol. The number of hydrogen-bond donors (Lipinski definition) is 0. The van der Waals surface area contributed by atoms with Crippen molar-refractivity contribution in [1.82, 2.24) is 9.88 Å². The van der Waals surface area contributed by atoms with Gasteiger partial charge in [-0.25, -0.2) is 0 Å². The molecule has 0 N–H and O–H groups in total. The Hall–Kier alpha value is -2.60. The minimum absolute atomic E-state index is 0.585. The number of nitrogens with zero attached hydrogens (tertiary/aromatic N) is 3. The van der Waals surface area contributed by atoms with Gasteiger partial charge in [0.05, 0.1) is 5.56 Å². The molecule has 1 saturated heterocycles. The van der Waals surface area contributed by atoms with Gasteiger partial charge in [-0.05, 0) is 47.7 Å². The number of aromatic nitrogens is 1. The van der Waals surface area contributed by atoms with Crippen molar-refractivity contribution in [3.8, 4) is 0 Å². The molecule has 1 aromatic heterocycles. The van der Waals surface area contributed by atoms with Crippen LogP contribution in [0.15, 0.2) is 60.9 Å². The molecule has 2 heterocycles. The average molecular weight is 385 g/mol. The van der Waals surface area contributed by atoms with Crippen molar-refractivity contribution in [3.05, 3.63) is 72.1 Å². The van der Waals surface area contributed by atoms with Crippen LogP contribution in [0, 0.1) is 0 Å². The first-order valence-corrected chi connectivity index (χ1v) is 9.46. The molecule has 0 bridgehead atoms. The molecule has 2 aromatic carbocycles. The third-order valence-electron chi connectivity index (χ3n) is 5.33. The Bertz CT molecular complexity index is 947. The van der Waals surface area contributed by atoms with E-state index in [0.717, 1.165) is 50.6 Å². The van der Waals surface area contributed by atoms with Gasteiger partial charge in [0.1, 0.15) is 0 Å². The van der Waals surface area contributed by atoms with Crippen LogP contribution in [0.3, 0.4) is 0 Å². The maximum atomic E-state index is 12.9. The molecule has 4 rings (SSSR count). The summed E-state index contributed by atoms with van der Waals surface area (Å²) >= 11 is 0. The number of halogens is 3. The van der Waals surface area contributed by atoms with Gasteiger partial charge in [-0.1, -0.05) is 18.2 Å². The van der Waals surface area contributed by atoms with E-state index < -0.39 is 11.7 Å². The highest BCUT2D eigenvalue weighted by Gasteiger charge is 2.31. The number of anilines is 1. The maximum Gasteiger partial charge on any atom is 0.416 e. The van der Waals surface area contributed by atoms with Crippen molar-refractivity contribution in [2.75, 3.05) is 37.6 Å². The average Bonchev–Trinajstić information content (AvgIpc) is 2.72. The number of rotatable bonds is 4. The van der Waals surface area contributed by atoms with Crippen molar-refractivity contribution in [2.45, 2.75) is 12.6 Å². The molecular formula is C22H22F3N3. The highest BCUT2D eigenvalue weighted by atomic mass is 19.4. The van der Waals surface area contributed by atoms with E-state index in [2.05, 4.69) is 28.1 Å². The zero-order valence-electron chi connectivity index (χ0n) is 15.5. The van der Waals surface area contributed by atoms with E-state index in [1.807, 2.05) is 17.2 Å². The number of benzene rings is 2. The molecule has 1 aliphatic rings. The van der Waals surface area contributed by atoms with Crippen LogP contribution in [0.4, 0.5) is 18.9 Å². The summed E-state index contributed by atoms with van der Waals surface area (Å²) < 4.78 is 38.8. The van der Waals surface area contributed by atoms with Gasteiger partial charge in [0, 0.05) is 56.2 Å². The molecule has 0 unspecified atom stereocenters. The first-order valence-electron chi connectivity index (χ1n) is 9.46. The van der Waals surface area contributed by atoms with E-state index in [-0.39, 0.29) is 0 Å². The molecule has 1 fully saturated rings. The normalized spacial score (nSPS) is 15.9. The fourth-order valence-electron chi connectivity index (χ4n) is 3.69. The van der Waals surface area contributed by atoms with E-state index in [4.69, 9.17) is 0 Å². The fraction of sp³-hybridized carbons (Fsp3) is 0.318. The Balaban J connectivity index is 1.33. The maximum absolute atomic E-state index is 12.9. The van der Waals surface area contributed by atoms with Crippen molar-refractivity contribution < 1.29 is 13.2 Å². The van der Waals surface area contributed by atoms with Gasteiger partial charge >= 0.3 is 6.18 Å². The first kappa shape index (κ1) is 18.7. The SMILES string of the molecule is FC(F)(F)c1cccc(N2CCN(CCc3ccc4ccncc4c3)CC2)c1. The van der Waals surface area contributed by atoms with Crippen LogP contribution >= 0.6 is 0 Å². The van der Waals surface area contributed by atoms with Crippen LogP contribution in [-0.4, -0.2) is 42.6 Å². The van der Waals surface area contributed by atoms with Gasteiger partial charge in [0.2, 0.25) is 0 Å². The molecule has 3 aromatic rings. The smallest absolute Gasteiger partial charge is 0.369 e. The molecule has 0 spiro atoms. The summed E-state index contributed by atoms with van der Waals surface area (Å²) in [6, 6.07) is 14.1. The van der Waals surface area contributed by atoms with Gasteiger partial charge < -0.3 is 4.90 Å². The Kier molecular flexibility index (Phi) is 5.22. The first-order chi connectivity index (χ1) is 13.5. The van der Waals surface area contributed by atoms with Crippen LogP contribution in [0.5, 0.6) is 0 Å². The van der Waals surface area contributed by atoms with Crippen LogP contribution in [0.1, 0.15) is 11.1 Å². The van der Waals surface area contributed by atoms with Gasteiger partial charge in [-0.3, -0.25) is 9.88 Å². The lowest BCUT2D eigenvalue weighted by Gasteiger charge is -2.36. The predicted octanol–water partition coefficient (Wildman–Crippen LogP) is 4.62. The molecule has 28 heavy (non-hydrogen) atoms. The third kappa shape index (κ3) is 4.28. The quantitative estimate of drug-likeness (QED) is 0.653. The summed E-state index contributed by atoms with van der Waals surface area (Å²) in [4.78, 5) is 8.58. The second-order valence-corrected chi connectivity index (χ2v) is 7.18. The Morgan fingerprint density at radius 2 is 1.71 bits per heavy atom. The topological polar surface area (TPSA) is 19.4 Å². The number of hydrogen-bond acceptors (Lipinski definition) is 3. The highest BCUT2D eigenvalue weighted by molar-refractivity contribution is 5.81. The van der Waals surface area contributed by atoms with Crippen molar-refractivity contribution in [2.24, 2.45) is 0 Å². The van der Waals surface area contributed by atoms with E-state index in [0.29, 0.717) is 5.69 Å². The zero-order valence-corrected chi connectivity index (χ0v) is 15.5. The molecule has 3 nitrogen and oxygen atoms in total. The number of pyridine rings is 1. The Morgan fingerprint density at radius 1 is 0.893 bits per heavy atom. The standard InChI is InChI=1S/C22H22F3N3/c23-22(24,25)20-2-1-3-21(15-20)28-12-10-27(11-13-28)9-7-17-4-5-18-6-8-26-16-19(18)14-17/h1-6,8,14-16H,7,9-13H2. The van der Waals surface area contributed by atoms with Crippen LogP contribution in [0.25, 0.3) is 10.8 Å². The molecule has 0 atom stereocenters. The van der Waals surface area contributed by atoms with Gasteiger partial charge in [-0.15, -0.1) is 0 Å². The van der Waals surface area contributed by atoms with Crippen molar-refractivity contribution in [1.29, 1.82) is 0 Å². The largest absolute Gasteiger partial charge is 0.416 e. The van der Waals surface area contributed by atoms with Crippen LogP contribution in [0.2, 0.25) is 0 Å². The summed E-state index contributed by atoms with van der Waals surface area (Å²) in [5.74, 6) is 0. The van der Waals surface area contributed by atoms with Gasteiger partial charge in [0.25, 0.3) is 0 Å². The lowest BCUT2D eigenvalue weighted by atomic mass is 10.1. The molecule has 6 heteroatoms. The van der Waals surface area contributed by atoms with Gasteiger partial charge in [-0.2, -0.15) is 13.2 Å². The number of piperazine rings is 1. The number of alkyl halides is 3. The Labute approximate surface area is 162 Å². The van der Waals surface area contributed by atoms with Crippen molar-refractivity contribution >= 4 is 16.5 Å². The third-order valence-corrected chi connectivity index (χ3v) is 5.33. The zero-order chi connectivity index (χ0) is 19.6. The molecule has 146 valence electrons. The Morgan fingerprint density at radius 3 is 2.50 bits per heavy atom. The molecule has 0 amide bonds. The second kappa shape index (κ2) is 7.80. The molecule has 0 radical (unpaired) electrons. The molecule has 0 saturated carbocycles. The van der Waals surface area contributed by atoms with E-state index in [1.54, 1.807) is 12.3 Å². The van der Waals surface area contributed by atoms with Gasteiger partial charge in [0.15, 0.2) is 0 Å².